The number of aromatic nitrogens is 3. The molecular formula is C22H29Cl2N5O2S. The Morgan fingerprint density at radius 1 is 1.19 bits per heavy atom. The van der Waals surface area contributed by atoms with Crippen LogP contribution in [0.2, 0.25) is 10.0 Å². The van der Waals surface area contributed by atoms with E-state index in [2.05, 4.69) is 27.8 Å². The minimum Gasteiger partial charge on any atom is -0.352 e. The fourth-order valence-electron chi connectivity index (χ4n) is 3.86. The van der Waals surface area contributed by atoms with Gasteiger partial charge in [0.2, 0.25) is 5.91 Å². The number of amides is 2. The van der Waals surface area contributed by atoms with Crippen LogP contribution in [-0.4, -0.2) is 44.9 Å². The molecule has 2 atom stereocenters. The molecule has 1 aromatic heterocycles. The van der Waals surface area contributed by atoms with Crippen LogP contribution >= 0.6 is 35.0 Å². The molecule has 7 nitrogen and oxygen atoms in total. The maximum absolute atomic E-state index is 12.4. The van der Waals surface area contributed by atoms with Crippen molar-refractivity contribution >= 4 is 46.8 Å². The van der Waals surface area contributed by atoms with Gasteiger partial charge in [-0.25, -0.2) is 0 Å². The highest BCUT2D eigenvalue weighted by molar-refractivity contribution is 7.99. The number of carbonyl (C=O) groups excluding carboxylic acids is 2. The Balaban J connectivity index is 1.49. The van der Waals surface area contributed by atoms with Crippen LogP contribution in [0, 0.1) is 5.92 Å². The number of benzene rings is 1. The van der Waals surface area contributed by atoms with E-state index in [9.17, 15) is 9.59 Å². The van der Waals surface area contributed by atoms with Crippen molar-refractivity contribution in [3.8, 4) is 0 Å². The van der Waals surface area contributed by atoms with Crippen molar-refractivity contribution in [2.45, 2.75) is 63.7 Å². The quantitative estimate of drug-likeness (QED) is 0.502. The average Bonchev–Trinajstić information content (AvgIpc) is 3.17. The molecule has 1 aliphatic rings. The SMILES string of the molecule is CCn1c(CCNC(=O)c2ccc(Cl)c(Cl)c2)nnc1SCC(=O)NC1CCCCC1C. The Labute approximate surface area is 203 Å². The van der Waals surface area contributed by atoms with E-state index in [1.165, 1.54) is 31.0 Å². The fourth-order valence-corrected chi connectivity index (χ4v) is 5.00. The molecule has 3 rings (SSSR count). The van der Waals surface area contributed by atoms with Gasteiger partial charge in [0.15, 0.2) is 5.16 Å². The van der Waals surface area contributed by atoms with Gasteiger partial charge in [-0.05, 0) is 43.9 Å². The van der Waals surface area contributed by atoms with Crippen LogP contribution in [0.4, 0.5) is 0 Å². The summed E-state index contributed by atoms with van der Waals surface area (Å²) in [5.74, 6) is 1.42. The molecule has 0 aliphatic heterocycles. The lowest BCUT2D eigenvalue weighted by Gasteiger charge is -2.29. The highest BCUT2D eigenvalue weighted by Crippen LogP contribution is 2.24. The van der Waals surface area contributed by atoms with E-state index in [1.54, 1.807) is 18.2 Å². The smallest absolute Gasteiger partial charge is 0.251 e. The summed E-state index contributed by atoms with van der Waals surface area (Å²) in [4.78, 5) is 24.7. The van der Waals surface area contributed by atoms with Gasteiger partial charge in [0.1, 0.15) is 5.82 Å². The molecule has 32 heavy (non-hydrogen) atoms. The fraction of sp³-hybridized carbons (Fsp3) is 0.545. The maximum atomic E-state index is 12.4. The third kappa shape index (κ3) is 6.62. The largest absolute Gasteiger partial charge is 0.352 e. The topological polar surface area (TPSA) is 88.9 Å². The van der Waals surface area contributed by atoms with E-state index in [0.29, 0.717) is 51.9 Å². The first kappa shape index (κ1) is 24.9. The average molecular weight is 498 g/mol. The maximum Gasteiger partial charge on any atom is 0.251 e. The predicted molar refractivity (Wildman–Crippen MR) is 128 cm³/mol. The van der Waals surface area contributed by atoms with Crippen LogP contribution in [0.5, 0.6) is 0 Å². The normalized spacial score (nSPS) is 18.4. The molecule has 10 heteroatoms. The predicted octanol–water partition coefficient (Wildman–Crippen LogP) is 4.36. The molecular weight excluding hydrogens is 469 g/mol. The summed E-state index contributed by atoms with van der Waals surface area (Å²) in [5.41, 5.74) is 0.450. The standard InChI is InChI=1S/C22H29Cl2N5O2S/c1-3-29-19(10-11-25-21(31)15-8-9-16(23)17(24)12-15)27-28-22(29)32-13-20(30)26-18-7-5-4-6-14(18)2/h8-9,12,14,18H,3-7,10-11,13H2,1-2H3,(H,25,31)(H,26,30). The third-order valence-corrected chi connectivity index (χ3v) is 7.42. The van der Waals surface area contributed by atoms with Crippen molar-refractivity contribution in [1.29, 1.82) is 0 Å². The number of hydrogen-bond donors (Lipinski definition) is 2. The molecule has 174 valence electrons. The molecule has 2 N–H and O–H groups in total. The Morgan fingerprint density at radius 2 is 1.97 bits per heavy atom. The van der Waals surface area contributed by atoms with Gasteiger partial charge in [0.25, 0.3) is 5.91 Å². The number of thioether (sulfide) groups is 1. The molecule has 1 saturated carbocycles. The highest BCUT2D eigenvalue weighted by Gasteiger charge is 2.23. The van der Waals surface area contributed by atoms with Gasteiger partial charge in [0.05, 0.1) is 15.8 Å². The lowest BCUT2D eigenvalue weighted by atomic mass is 9.86. The van der Waals surface area contributed by atoms with Crippen molar-refractivity contribution < 1.29 is 9.59 Å². The summed E-state index contributed by atoms with van der Waals surface area (Å²) in [6.07, 6.45) is 5.18. The van der Waals surface area contributed by atoms with Crippen molar-refractivity contribution in [3.63, 3.8) is 0 Å². The number of halogens is 2. The molecule has 0 saturated heterocycles. The number of rotatable bonds is 9. The number of nitrogens with one attached hydrogen (secondary N) is 2. The lowest BCUT2D eigenvalue weighted by Crippen LogP contribution is -2.41. The van der Waals surface area contributed by atoms with Gasteiger partial charge in [-0.2, -0.15) is 0 Å². The van der Waals surface area contributed by atoms with Gasteiger partial charge in [-0.3, -0.25) is 9.59 Å². The molecule has 0 bridgehead atoms. The Hall–Kier alpha value is -1.77. The van der Waals surface area contributed by atoms with E-state index in [1.807, 2.05) is 11.5 Å². The monoisotopic (exact) mass is 497 g/mol. The van der Waals surface area contributed by atoms with E-state index >= 15 is 0 Å². The number of hydrogen-bond acceptors (Lipinski definition) is 5. The Bertz CT molecular complexity index is 952. The summed E-state index contributed by atoms with van der Waals surface area (Å²) in [6.45, 7) is 5.31. The minimum atomic E-state index is -0.227. The van der Waals surface area contributed by atoms with Crippen LogP contribution in [-0.2, 0) is 17.8 Å². The van der Waals surface area contributed by atoms with E-state index < -0.39 is 0 Å². The molecule has 1 aromatic carbocycles. The molecule has 1 aliphatic carbocycles. The number of carbonyl (C=O) groups is 2. The van der Waals surface area contributed by atoms with Gasteiger partial charge in [-0.15, -0.1) is 10.2 Å². The number of nitrogens with zero attached hydrogens (tertiary/aromatic N) is 3. The van der Waals surface area contributed by atoms with Gasteiger partial charge in [0, 0.05) is 31.1 Å². The summed E-state index contributed by atoms with van der Waals surface area (Å²) in [6, 6.07) is 5.05. The van der Waals surface area contributed by atoms with E-state index in [0.717, 1.165) is 12.2 Å². The zero-order chi connectivity index (χ0) is 23.1. The first-order valence-corrected chi connectivity index (χ1v) is 12.7. The molecule has 1 fully saturated rings. The highest BCUT2D eigenvalue weighted by atomic mass is 35.5. The Morgan fingerprint density at radius 3 is 2.69 bits per heavy atom. The third-order valence-electron chi connectivity index (χ3n) is 5.72. The first-order chi connectivity index (χ1) is 15.4. The molecule has 2 unspecified atom stereocenters. The van der Waals surface area contributed by atoms with Gasteiger partial charge < -0.3 is 15.2 Å². The molecule has 0 spiro atoms. The minimum absolute atomic E-state index is 0.0369. The lowest BCUT2D eigenvalue weighted by molar-refractivity contribution is -0.119. The van der Waals surface area contributed by atoms with Crippen LogP contribution in [0.3, 0.4) is 0 Å². The molecule has 0 radical (unpaired) electrons. The zero-order valence-electron chi connectivity index (χ0n) is 18.4. The van der Waals surface area contributed by atoms with Crippen molar-refractivity contribution in [2.24, 2.45) is 5.92 Å². The first-order valence-electron chi connectivity index (χ1n) is 11.0. The van der Waals surface area contributed by atoms with E-state index in [4.69, 9.17) is 23.2 Å². The van der Waals surface area contributed by atoms with Crippen molar-refractivity contribution in [1.82, 2.24) is 25.4 Å². The second-order valence-corrected chi connectivity index (χ2v) is 9.76. The summed E-state index contributed by atoms with van der Waals surface area (Å²) < 4.78 is 1.98. The summed E-state index contributed by atoms with van der Waals surface area (Å²) in [5, 5.41) is 16.0. The van der Waals surface area contributed by atoms with Crippen LogP contribution in [0.15, 0.2) is 23.4 Å². The summed E-state index contributed by atoms with van der Waals surface area (Å²) in [7, 11) is 0. The van der Waals surface area contributed by atoms with Crippen LogP contribution < -0.4 is 10.6 Å². The van der Waals surface area contributed by atoms with Crippen LogP contribution in [0.25, 0.3) is 0 Å². The van der Waals surface area contributed by atoms with Gasteiger partial charge in [-0.1, -0.05) is 54.7 Å². The molecule has 1 heterocycles. The second-order valence-electron chi connectivity index (χ2n) is 8.00. The zero-order valence-corrected chi connectivity index (χ0v) is 20.7. The Kier molecular flexibility index (Phi) is 9.25. The van der Waals surface area contributed by atoms with Crippen molar-refractivity contribution in [2.75, 3.05) is 12.3 Å². The second kappa shape index (κ2) is 11.9. The van der Waals surface area contributed by atoms with E-state index in [-0.39, 0.29) is 17.9 Å². The van der Waals surface area contributed by atoms with Gasteiger partial charge >= 0.3 is 0 Å². The molecule has 2 aromatic rings. The summed E-state index contributed by atoms with van der Waals surface area (Å²) >= 11 is 13.3. The van der Waals surface area contributed by atoms with Crippen molar-refractivity contribution in [3.05, 3.63) is 39.6 Å². The van der Waals surface area contributed by atoms with Crippen LogP contribution in [0.1, 0.15) is 55.7 Å². The molecule has 2 amide bonds.